The Labute approximate surface area is 92.7 Å². The largest absolute Gasteiger partial charge is 0.368 e. The van der Waals surface area contributed by atoms with Crippen LogP contribution in [0.15, 0.2) is 6.20 Å². The van der Waals surface area contributed by atoms with E-state index in [2.05, 4.69) is 10.3 Å². The van der Waals surface area contributed by atoms with E-state index in [9.17, 15) is 4.79 Å². The number of hydrogen-bond acceptors (Lipinski definition) is 4. The topological polar surface area (TPSA) is 51.2 Å². The maximum atomic E-state index is 11.6. The van der Waals surface area contributed by atoms with Crippen LogP contribution in [0.4, 0.5) is 0 Å². The molecule has 1 saturated heterocycles. The van der Waals surface area contributed by atoms with Gasteiger partial charge in [0.25, 0.3) is 0 Å². The van der Waals surface area contributed by atoms with Crippen molar-refractivity contribution in [3.63, 3.8) is 0 Å². The Morgan fingerprint density at radius 3 is 3.27 bits per heavy atom. The summed E-state index contributed by atoms with van der Waals surface area (Å²) >= 11 is 1.61. The van der Waals surface area contributed by atoms with Gasteiger partial charge in [0.1, 0.15) is 11.1 Å². The molecular formula is C10H14N2O2S. The fourth-order valence-electron chi connectivity index (χ4n) is 1.54. The molecule has 0 saturated carbocycles. The molecular weight excluding hydrogens is 212 g/mol. The van der Waals surface area contributed by atoms with Gasteiger partial charge >= 0.3 is 0 Å². The number of aryl methyl sites for hydroxylation is 1. The molecule has 0 aliphatic carbocycles. The lowest BCUT2D eigenvalue weighted by Gasteiger charge is -2.08. The number of rotatable bonds is 3. The molecule has 5 heteroatoms. The van der Waals surface area contributed by atoms with Crippen molar-refractivity contribution in [3.8, 4) is 0 Å². The van der Waals surface area contributed by atoms with Crippen molar-refractivity contribution < 1.29 is 9.53 Å². The van der Waals surface area contributed by atoms with Crippen LogP contribution < -0.4 is 5.32 Å². The summed E-state index contributed by atoms with van der Waals surface area (Å²) in [6.45, 7) is 3.22. The first-order valence-corrected chi connectivity index (χ1v) is 5.88. The van der Waals surface area contributed by atoms with Crippen molar-refractivity contribution in [3.05, 3.63) is 16.1 Å². The molecule has 0 aromatic carbocycles. The van der Waals surface area contributed by atoms with E-state index in [1.807, 2.05) is 13.1 Å². The molecule has 1 aliphatic heterocycles. The van der Waals surface area contributed by atoms with Crippen molar-refractivity contribution >= 4 is 17.2 Å². The van der Waals surface area contributed by atoms with E-state index in [0.717, 1.165) is 22.7 Å². The summed E-state index contributed by atoms with van der Waals surface area (Å²) in [6, 6.07) is 0. The van der Waals surface area contributed by atoms with Crippen molar-refractivity contribution in [2.75, 3.05) is 6.61 Å². The fraction of sp³-hybridized carbons (Fsp3) is 0.600. The number of amides is 1. The third-order valence-electron chi connectivity index (χ3n) is 2.31. The molecule has 0 bridgehead atoms. The standard InChI is InChI=1S/C10H14N2O2S/c1-7-5-11-9(15-7)6-12-10(13)8-3-2-4-14-8/h5,8H,2-4,6H2,1H3,(H,12,13). The summed E-state index contributed by atoms with van der Waals surface area (Å²) < 4.78 is 5.28. The monoisotopic (exact) mass is 226 g/mol. The van der Waals surface area contributed by atoms with Gasteiger partial charge in [0.2, 0.25) is 5.91 Å². The first-order chi connectivity index (χ1) is 7.25. The molecule has 1 unspecified atom stereocenters. The normalized spacial score (nSPS) is 20.5. The molecule has 4 nitrogen and oxygen atoms in total. The van der Waals surface area contributed by atoms with Gasteiger partial charge in [-0.1, -0.05) is 0 Å². The zero-order chi connectivity index (χ0) is 10.7. The Bertz CT molecular complexity index is 345. The molecule has 0 spiro atoms. The van der Waals surface area contributed by atoms with Crippen molar-refractivity contribution in [1.82, 2.24) is 10.3 Å². The summed E-state index contributed by atoms with van der Waals surface area (Å²) in [6.07, 6.45) is 3.39. The number of nitrogens with zero attached hydrogens (tertiary/aromatic N) is 1. The lowest BCUT2D eigenvalue weighted by Crippen LogP contribution is -2.33. The molecule has 2 rings (SSSR count). The van der Waals surface area contributed by atoms with Gasteiger partial charge in [-0.25, -0.2) is 4.98 Å². The first kappa shape index (κ1) is 10.6. The first-order valence-electron chi connectivity index (χ1n) is 5.06. The Balaban J connectivity index is 1.80. The van der Waals surface area contributed by atoms with Gasteiger partial charge in [-0.3, -0.25) is 4.79 Å². The molecule has 2 heterocycles. The van der Waals surface area contributed by atoms with Crippen LogP contribution in [0.25, 0.3) is 0 Å². The third-order valence-corrected chi connectivity index (χ3v) is 3.22. The molecule has 1 fully saturated rings. The van der Waals surface area contributed by atoms with Gasteiger partial charge in [0.15, 0.2) is 0 Å². The number of thiazole rings is 1. The number of carbonyl (C=O) groups excluding carboxylic acids is 1. The SMILES string of the molecule is Cc1cnc(CNC(=O)C2CCCO2)s1. The highest BCUT2D eigenvalue weighted by Gasteiger charge is 2.23. The van der Waals surface area contributed by atoms with Crippen molar-refractivity contribution in [1.29, 1.82) is 0 Å². The van der Waals surface area contributed by atoms with E-state index in [1.165, 1.54) is 0 Å². The Morgan fingerprint density at radius 1 is 1.80 bits per heavy atom. The van der Waals surface area contributed by atoms with Crippen LogP contribution in [0, 0.1) is 6.92 Å². The van der Waals surface area contributed by atoms with E-state index in [-0.39, 0.29) is 12.0 Å². The highest BCUT2D eigenvalue weighted by molar-refractivity contribution is 7.11. The second-order valence-electron chi connectivity index (χ2n) is 3.58. The minimum absolute atomic E-state index is 0.0136. The average molecular weight is 226 g/mol. The predicted molar refractivity (Wildman–Crippen MR) is 57.7 cm³/mol. The van der Waals surface area contributed by atoms with Crippen molar-refractivity contribution in [2.24, 2.45) is 0 Å². The Kier molecular flexibility index (Phi) is 3.33. The zero-order valence-electron chi connectivity index (χ0n) is 8.66. The average Bonchev–Trinajstić information content (AvgIpc) is 2.84. The van der Waals surface area contributed by atoms with Gasteiger partial charge in [-0.05, 0) is 19.8 Å². The fourth-order valence-corrected chi connectivity index (χ4v) is 2.27. The lowest BCUT2D eigenvalue weighted by atomic mass is 10.2. The zero-order valence-corrected chi connectivity index (χ0v) is 9.47. The van der Waals surface area contributed by atoms with Crippen LogP contribution in [0.5, 0.6) is 0 Å². The molecule has 1 amide bonds. The maximum absolute atomic E-state index is 11.6. The van der Waals surface area contributed by atoms with E-state index in [4.69, 9.17) is 4.74 Å². The van der Waals surface area contributed by atoms with Crippen LogP contribution in [-0.4, -0.2) is 23.6 Å². The quantitative estimate of drug-likeness (QED) is 0.843. The van der Waals surface area contributed by atoms with Crippen LogP contribution in [0.1, 0.15) is 22.7 Å². The Hall–Kier alpha value is -0.940. The van der Waals surface area contributed by atoms with Gasteiger partial charge in [-0.2, -0.15) is 0 Å². The number of hydrogen-bond donors (Lipinski definition) is 1. The number of nitrogens with one attached hydrogen (secondary N) is 1. The smallest absolute Gasteiger partial charge is 0.249 e. The molecule has 1 atom stereocenters. The van der Waals surface area contributed by atoms with Crippen molar-refractivity contribution in [2.45, 2.75) is 32.4 Å². The van der Waals surface area contributed by atoms with E-state index < -0.39 is 0 Å². The number of ether oxygens (including phenoxy) is 1. The maximum Gasteiger partial charge on any atom is 0.249 e. The minimum atomic E-state index is -0.244. The van der Waals surface area contributed by atoms with Crippen LogP contribution in [-0.2, 0) is 16.1 Å². The predicted octanol–water partition coefficient (Wildman–Crippen LogP) is 1.25. The summed E-state index contributed by atoms with van der Waals surface area (Å²) in [5.74, 6) is -0.0136. The molecule has 0 radical (unpaired) electrons. The highest BCUT2D eigenvalue weighted by Crippen LogP contribution is 2.13. The van der Waals surface area contributed by atoms with Gasteiger partial charge in [0, 0.05) is 17.7 Å². The number of aromatic nitrogens is 1. The second-order valence-corrected chi connectivity index (χ2v) is 4.90. The molecule has 1 aliphatic rings. The van der Waals surface area contributed by atoms with Crippen LogP contribution in [0.3, 0.4) is 0 Å². The molecule has 82 valence electrons. The minimum Gasteiger partial charge on any atom is -0.368 e. The molecule has 1 aromatic heterocycles. The third kappa shape index (κ3) is 2.76. The summed E-state index contributed by atoms with van der Waals surface area (Å²) in [7, 11) is 0. The number of carbonyl (C=O) groups is 1. The van der Waals surface area contributed by atoms with Gasteiger partial charge in [-0.15, -0.1) is 11.3 Å². The van der Waals surface area contributed by atoms with Crippen LogP contribution >= 0.6 is 11.3 Å². The second kappa shape index (κ2) is 4.72. The highest BCUT2D eigenvalue weighted by atomic mass is 32.1. The lowest BCUT2D eigenvalue weighted by molar-refractivity contribution is -0.130. The molecule has 1 N–H and O–H groups in total. The van der Waals surface area contributed by atoms with Gasteiger partial charge < -0.3 is 10.1 Å². The van der Waals surface area contributed by atoms with Gasteiger partial charge in [0.05, 0.1) is 6.54 Å². The van der Waals surface area contributed by atoms with E-state index >= 15 is 0 Å². The summed E-state index contributed by atoms with van der Waals surface area (Å²) in [5, 5.41) is 3.78. The van der Waals surface area contributed by atoms with E-state index in [1.54, 1.807) is 11.3 Å². The summed E-state index contributed by atoms with van der Waals surface area (Å²) in [5.41, 5.74) is 0. The Morgan fingerprint density at radius 2 is 2.67 bits per heavy atom. The molecule has 15 heavy (non-hydrogen) atoms. The van der Waals surface area contributed by atoms with E-state index in [0.29, 0.717) is 13.2 Å². The van der Waals surface area contributed by atoms with Crippen LogP contribution in [0.2, 0.25) is 0 Å². The summed E-state index contributed by atoms with van der Waals surface area (Å²) in [4.78, 5) is 16.9. The molecule has 1 aromatic rings.